The van der Waals surface area contributed by atoms with Gasteiger partial charge in [0.2, 0.25) is 0 Å². The molecule has 98 valence electrons. The molecule has 2 saturated carbocycles. The van der Waals surface area contributed by atoms with Crippen molar-refractivity contribution in [3.63, 3.8) is 0 Å². The fourth-order valence-corrected chi connectivity index (χ4v) is 3.99. The minimum atomic E-state index is 0.408. The fourth-order valence-electron chi connectivity index (χ4n) is 3.99. The Hall–Kier alpha value is -1.02. The van der Waals surface area contributed by atoms with Gasteiger partial charge in [0.05, 0.1) is 0 Å². The second kappa shape index (κ2) is 4.93. The van der Waals surface area contributed by atoms with Crippen LogP contribution in [0, 0.1) is 17.8 Å². The van der Waals surface area contributed by atoms with E-state index < -0.39 is 0 Å². The minimum Gasteiger partial charge on any atom is -0.508 e. The zero-order valence-electron chi connectivity index (χ0n) is 11.1. The zero-order valence-corrected chi connectivity index (χ0v) is 11.1. The van der Waals surface area contributed by atoms with E-state index in [1.165, 1.54) is 25.7 Å². The summed E-state index contributed by atoms with van der Waals surface area (Å²) >= 11 is 0. The Balaban J connectivity index is 1.56. The van der Waals surface area contributed by atoms with E-state index in [0.717, 1.165) is 29.9 Å². The summed E-state index contributed by atoms with van der Waals surface area (Å²) in [5, 5.41) is 13.4. The molecule has 0 heterocycles. The Morgan fingerprint density at radius 3 is 2.78 bits per heavy atom. The van der Waals surface area contributed by atoms with Crippen molar-refractivity contribution in [2.75, 3.05) is 0 Å². The van der Waals surface area contributed by atoms with Crippen molar-refractivity contribution >= 4 is 0 Å². The minimum absolute atomic E-state index is 0.408. The maximum absolute atomic E-state index is 9.75. The molecule has 2 heteroatoms. The van der Waals surface area contributed by atoms with Crippen molar-refractivity contribution in [2.24, 2.45) is 17.8 Å². The lowest BCUT2D eigenvalue weighted by Gasteiger charge is -2.28. The van der Waals surface area contributed by atoms with Crippen molar-refractivity contribution in [1.29, 1.82) is 0 Å². The quantitative estimate of drug-likeness (QED) is 0.853. The lowest BCUT2D eigenvalue weighted by Crippen LogP contribution is -2.35. The Labute approximate surface area is 109 Å². The van der Waals surface area contributed by atoms with Crippen molar-refractivity contribution in [2.45, 2.75) is 45.2 Å². The van der Waals surface area contributed by atoms with Crippen LogP contribution in [0.25, 0.3) is 0 Å². The first-order chi connectivity index (χ1) is 8.74. The standard InChI is InChI=1S/C16H23NO/c1-11(15-9-12-6-7-13(15)8-12)17-10-14-4-2-3-5-16(14)18/h2-5,11-13,15,17-18H,6-10H2,1H3/t11-,12-,13-,15-/m0/s1. The predicted octanol–water partition coefficient (Wildman–Crippen LogP) is 3.31. The Morgan fingerprint density at radius 2 is 2.11 bits per heavy atom. The van der Waals surface area contributed by atoms with Gasteiger partial charge in [0.15, 0.2) is 0 Å². The molecule has 2 aliphatic carbocycles. The number of phenolic OH excluding ortho intramolecular Hbond substituents is 1. The predicted molar refractivity (Wildman–Crippen MR) is 73.3 cm³/mol. The SMILES string of the molecule is C[C@H](NCc1ccccc1O)[C@@H]1C[C@H]2CC[C@H]1C2. The molecule has 4 atom stereocenters. The first-order valence-corrected chi connectivity index (χ1v) is 7.24. The number of hydrogen-bond donors (Lipinski definition) is 2. The first-order valence-electron chi connectivity index (χ1n) is 7.24. The van der Waals surface area contributed by atoms with Crippen LogP contribution in [0.3, 0.4) is 0 Å². The Kier molecular flexibility index (Phi) is 3.29. The Bertz CT molecular complexity index is 417. The highest BCUT2D eigenvalue weighted by atomic mass is 16.3. The molecule has 2 fully saturated rings. The summed E-state index contributed by atoms with van der Waals surface area (Å²) in [7, 11) is 0. The molecule has 0 unspecified atom stereocenters. The summed E-state index contributed by atoms with van der Waals surface area (Å²) in [6, 6.07) is 8.19. The molecule has 0 aromatic heterocycles. The topological polar surface area (TPSA) is 32.3 Å². The summed E-state index contributed by atoms with van der Waals surface area (Å²) in [4.78, 5) is 0. The van der Waals surface area contributed by atoms with Crippen LogP contribution in [0.15, 0.2) is 24.3 Å². The maximum Gasteiger partial charge on any atom is 0.120 e. The lowest BCUT2D eigenvalue weighted by molar-refractivity contribution is 0.259. The van der Waals surface area contributed by atoms with Gasteiger partial charge < -0.3 is 10.4 Å². The number of hydrogen-bond acceptors (Lipinski definition) is 2. The fraction of sp³-hybridized carbons (Fsp3) is 0.625. The third-order valence-corrected chi connectivity index (χ3v) is 5.04. The number of benzene rings is 1. The average molecular weight is 245 g/mol. The highest BCUT2D eigenvalue weighted by molar-refractivity contribution is 5.31. The van der Waals surface area contributed by atoms with Gasteiger partial charge in [-0.3, -0.25) is 0 Å². The van der Waals surface area contributed by atoms with Crippen molar-refractivity contribution in [1.82, 2.24) is 5.32 Å². The van der Waals surface area contributed by atoms with Gasteiger partial charge in [-0.25, -0.2) is 0 Å². The molecule has 2 bridgehead atoms. The van der Waals surface area contributed by atoms with E-state index in [-0.39, 0.29) is 0 Å². The number of nitrogens with one attached hydrogen (secondary N) is 1. The summed E-state index contributed by atoms with van der Waals surface area (Å²) < 4.78 is 0. The summed E-state index contributed by atoms with van der Waals surface area (Å²) in [6.07, 6.45) is 5.79. The molecular formula is C16H23NO. The zero-order chi connectivity index (χ0) is 12.5. The number of para-hydroxylation sites is 1. The second-order valence-corrected chi connectivity index (χ2v) is 6.14. The van der Waals surface area contributed by atoms with Crippen LogP contribution in [0.2, 0.25) is 0 Å². The molecule has 3 rings (SSSR count). The van der Waals surface area contributed by atoms with Gasteiger partial charge in [0.25, 0.3) is 0 Å². The molecule has 2 N–H and O–H groups in total. The van der Waals surface area contributed by atoms with Crippen LogP contribution in [-0.4, -0.2) is 11.1 Å². The molecular weight excluding hydrogens is 222 g/mol. The highest BCUT2D eigenvalue weighted by Crippen LogP contribution is 2.49. The third-order valence-electron chi connectivity index (χ3n) is 5.04. The normalized spacial score (nSPS) is 31.7. The molecule has 0 saturated heterocycles. The van der Waals surface area contributed by atoms with E-state index in [0.29, 0.717) is 11.8 Å². The third kappa shape index (κ3) is 2.26. The van der Waals surface area contributed by atoms with Gasteiger partial charge in [-0.15, -0.1) is 0 Å². The molecule has 0 radical (unpaired) electrons. The number of phenols is 1. The molecule has 0 aliphatic heterocycles. The van der Waals surface area contributed by atoms with Crippen molar-refractivity contribution < 1.29 is 5.11 Å². The van der Waals surface area contributed by atoms with Gasteiger partial charge in [-0.1, -0.05) is 24.6 Å². The monoisotopic (exact) mass is 245 g/mol. The van der Waals surface area contributed by atoms with Gasteiger partial charge in [-0.2, -0.15) is 0 Å². The first kappa shape index (κ1) is 12.0. The van der Waals surface area contributed by atoms with Crippen LogP contribution in [0.5, 0.6) is 5.75 Å². The molecule has 2 nitrogen and oxygen atoms in total. The Morgan fingerprint density at radius 1 is 1.28 bits per heavy atom. The van der Waals surface area contributed by atoms with E-state index in [1.807, 2.05) is 18.2 Å². The number of fused-ring (bicyclic) bond motifs is 2. The van der Waals surface area contributed by atoms with Gasteiger partial charge in [-0.05, 0) is 50.0 Å². The summed E-state index contributed by atoms with van der Waals surface area (Å²) in [5.41, 5.74) is 1.01. The van der Waals surface area contributed by atoms with Crippen LogP contribution < -0.4 is 5.32 Å². The molecule has 0 amide bonds. The van der Waals surface area contributed by atoms with E-state index in [1.54, 1.807) is 6.07 Å². The van der Waals surface area contributed by atoms with Crippen LogP contribution in [0.4, 0.5) is 0 Å². The molecule has 0 spiro atoms. The molecule has 18 heavy (non-hydrogen) atoms. The van der Waals surface area contributed by atoms with Gasteiger partial charge >= 0.3 is 0 Å². The van der Waals surface area contributed by atoms with E-state index in [9.17, 15) is 5.11 Å². The van der Waals surface area contributed by atoms with E-state index >= 15 is 0 Å². The smallest absolute Gasteiger partial charge is 0.120 e. The highest BCUT2D eigenvalue weighted by Gasteiger charge is 2.41. The largest absolute Gasteiger partial charge is 0.508 e. The second-order valence-electron chi connectivity index (χ2n) is 6.14. The van der Waals surface area contributed by atoms with Gasteiger partial charge in [0.1, 0.15) is 5.75 Å². The van der Waals surface area contributed by atoms with Crippen molar-refractivity contribution in [3.8, 4) is 5.75 Å². The molecule has 1 aromatic carbocycles. The van der Waals surface area contributed by atoms with Crippen LogP contribution in [-0.2, 0) is 6.54 Å². The van der Waals surface area contributed by atoms with Gasteiger partial charge in [0, 0.05) is 18.2 Å². The summed E-state index contributed by atoms with van der Waals surface area (Å²) in [6.45, 7) is 3.09. The van der Waals surface area contributed by atoms with Crippen molar-refractivity contribution in [3.05, 3.63) is 29.8 Å². The van der Waals surface area contributed by atoms with E-state index in [4.69, 9.17) is 0 Å². The molecule has 1 aromatic rings. The van der Waals surface area contributed by atoms with Crippen LogP contribution in [0.1, 0.15) is 38.2 Å². The maximum atomic E-state index is 9.75. The van der Waals surface area contributed by atoms with Crippen LogP contribution >= 0.6 is 0 Å². The summed E-state index contributed by atoms with van der Waals surface area (Å²) in [5.74, 6) is 3.23. The molecule has 2 aliphatic rings. The average Bonchev–Trinajstić information content (AvgIpc) is 2.99. The van der Waals surface area contributed by atoms with E-state index in [2.05, 4.69) is 12.2 Å². The lowest BCUT2D eigenvalue weighted by atomic mass is 9.84. The number of rotatable bonds is 4. The number of aromatic hydroxyl groups is 1.